The highest BCUT2D eigenvalue weighted by Gasteiger charge is 2.43. The second-order valence-corrected chi connectivity index (χ2v) is 9.48. The van der Waals surface area contributed by atoms with Crippen molar-refractivity contribution < 1.29 is 9.18 Å². The molecule has 0 bridgehead atoms. The quantitative estimate of drug-likeness (QED) is 0.512. The molecule has 0 atom stereocenters. The van der Waals surface area contributed by atoms with Crippen LogP contribution in [-0.2, 0) is 24.9 Å². The third kappa shape index (κ3) is 4.50. The second-order valence-electron chi connectivity index (χ2n) is 9.48. The molecule has 3 heterocycles. The summed E-state index contributed by atoms with van der Waals surface area (Å²) in [4.78, 5) is 45.4. The first-order chi connectivity index (χ1) is 17.0. The number of carbonyl (C=O) groups is 1. The number of piperidine rings is 1. The highest BCUT2D eigenvalue weighted by Crippen LogP contribution is 2.38. The van der Waals surface area contributed by atoms with Crippen LogP contribution in [0.5, 0.6) is 0 Å². The van der Waals surface area contributed by atoms with E-state index in [1.807, 2.05) is 30.3 Å². The molecule has 7 nitrogen and oxygen atoms in total. The molecular formula is C27H29FN4O3. The Bertz CT molecular complexity index is 1320. The van der Waals surface area contributed by atoms with Gasteiger partial charge in [0.25, 0.3) is 0 Å². The van der Waals surface area contributed by atoms with Crippen molar-refractivity contribution in [3.63, 3.8) is 0 Å². The van der Waals surface area contributed by atoms with Crippen molar-refractivity contribution in [3.05, 3.63) is 98.3 Å². The predicted molar refractivity (Wildman–Crippen MR) is 130 cm³/mol. The SMILES string of the molecule is O=C(c1ccc(F)cc1)C1(c2ccccc2)CCN(CCn2c(=O)nc3n(c2=O)CCCC3)CC1. The van der Waals surface area contributed by atoms with Gasteiger partial charge in [-0.15, -0.1) is 0 Å². The Labute approximate surface area is 202 Å². The first kappa shape index (κ1) is 23.4. The van der Waals surface area contributed by atoms with Crippen molar-refractivity contribution in [3.8, 4) is 0 Å². The van der Waals surface area contributed by atoms with E-state index in [4.69, 9.17) is 0 Å². The van der Waals surface area contributed by atoms with E-state index in [0.29, 0.717) is 56.8 Å². The molecule has 0 aliphatic carbocycles. The van der Waals surface area contributed by atoms with E-state index < -0.39 is 11.1 Å². The van der Waals surface area contributed by atoms with Gasteiger partial charge in [-0.25, -0.2) is 18.5 Å². The standard InChI is InChI=1S/C27H29FN4O3/c28-22-11-9-20(10-12-22)24(33)27(21-6-2-1-3-7-21)13-16-30(17-14-27)18-19-32-25(34)29-23-8-4-5-15-31(23)26(32)35/h1-3,6-7,9-12H,4-5,8,13-19H2. The van der Waals surface area contributed by atoms with Crippen molar-refractivity contribution in [1.29, 1.82) is 0 Å². The molecule has 5 rings (SSSR count). The molecule has 8 heteroatoms. The molecular weight excluding hydrogens is 447 g/mol. The highest BCUT2D eigenvalue weighted by atomic mass is 19.1. The molecule has 1 saturated heterocycles. The van der Waals surface area contributed by atoms with Crippen LogP contribution in [0.1, 0.15) is 47.4 Å². The maximum absolute atomic E-state index is 13.7. The molecule has 2 aromatic carbocycles. The third-order valence-electron chi connectivity index (χ3n) is 7.48. The summed E-state index contributed by atoms with van der Waals surface area (Å²) in [6.07, 6.45) is 3.74. The molecule has 0 radical (unpaired) electrons. The van der Waals surface area contributed by atoms with Gasteiger partial charge in [0.1, 0.15) is 11.6 Å². The number of ketones is 1. The molecule has 2 aliphatic rings. The molecule has 0 spiro atoms. The van der Waals surface area contributed by atoms with E-state index >= 15 is 0 Å². The normalized spacial score (nSPS) is 17.6. The zero-order chi connectivity index (χ0) is 24.4. The fourth-order valence-corrected chi connectivity index (χ4v) is 5.41. The number of hydrogen-bond acceptors (Lipinski definition) is 5. The van der Waals surface area contributed by atoms with Crippen LogP contribution in [-0.4, -0.2) is 44.4 Å². The molecule has 1 fully saturated rings. The summed E-state index contributed by atoms with van der Waals surface area (Å²) < 4.78 is 16.3. The summed E-state index contributed by atoms with van der Waals surface area (Å²) in [5.74, 6) is 0.220. The van der Waals surface area contributed by atoms with Gasteiger partial charge in [-0.05, 0) is 68.6 Å². The minimum absolute atomic E-state index is 0.00305. The van der Waals surface area contributed by atoms with Gasteiger partial charge >= 0.3 is 11.4 Å². The number of halogens is 1. The Morgan fingerprint density at radius 2 is 1.63 bits per heavy atom. The van der Waals surface area contributed by atoms with Crippen LogP contribution in [0.15, 0.2) is 64.2 Å². The zero-order valence-electron chi connectivity index (χ0n) is 19.7. The largest absolute Gasteiger partial charge is 0.353 e. The zero-order valence-corrected chi connectivity index (χ0v) is 19.7. The highest BCUT2D eigenvalue weighted by molar-refractivity contribution is 6.04. The van der Waals surface area contributed by atoms with Crippen molar-refractivity contribution in [2.75, 3.05) is 19.6 Å². The first-order valence-corrected chi connectivity index (χ1v) is 12.3. The van der Waals surface area contributed by atoms with Crippen molar-refractivity contribution >= 4 is 5.78 Å². The van der Waals surface area contributed by atoms with Crippen molar-refractivity contribution in [1.82, 2.24) is 19.0 Å². The monoisotopic (exact) mass is 476 g/mol. The molecule has 0 unspecified atom stereocenters. The number of benzene rings is 2. The molecule has 35 heavy (non-hydrogen) atoms. The number of Topliss-reactive ketones (excluding diaryl/α,β-unsaturated/α-hetero) is 1. The predicted octanol–water partition coefficient (Wildman–Crippen LogP) is 2.80. The van der Waals surface area contributed by atoms with E-state index in [2.05, 4.69) is 9.88 Å². The Hall–Kier alpha value is -3.39. The van der Waals surface area contributed by atoms with Crippen molar-refractivity contribution in [2.24, 2.45) is 0 Å². The number of carbonyl (C=O) groups excluding carboxylic acids is 1. The summed E-state index contributed by atoms with van der Waals surface area (Å²) in [6, 6.07) is 15.5. The number of nitrogens with zero attached hydrogens (tertiary/aromatic N) is 4. The number of aryl methyl sites for hydroxylation is 1. The van der Waals surface area contributed by atoms with Gasteiger partial charge in [0.15, 0.2) is 5.78 Å². The molecule has 1 aromatic heterocycles. The van der Waals surface area contributed by atoms with Crippen LogP contribution in [0.25, 0.3) is 0 Å². The molecule has 0 amide bonds. The number of hydrogen-bond donors (Lipinski definition) is 0. The van der Waals surface area contributed by atoms with Crippen LogP contribution in [0, 0.1) is 5.82 Å². The number of likely N-dealkylation sites (tertiary alicyclic amines) is 1. The summed E-state index contributed by atoms with van der Waals surface area (Å²) >= 11 is 0. The minimum atomic E-state index is -0.695. The van der Waals surface area contributed by atoms with Gasteiger partial charge < -0.3 is 4.90 Å². The molecule has 2 aliphatic heterocycles. The number of rotatable bonds is 6. The Morgan fingerprint density at radius 3 is 2.34 bits per heavy atom. The van der Waals surface area contributed by atoms with Crippen LogP contribution in [0.3, 0.4) is 0 Å². The van der Waals surface area contributed by atoms with E-state index in [1.54, 1.807) is 16.7 Å². The van der Waals surface area contributed by atoms with Crippen molar-refractivity contribution in [2.45, 2.75) is 50.6 Å². The lowest BCUT2D eigenvalue weighted by atomic mass is 9.68. The summed E-state index contributed by atoms with van der Waals surface area (Å²) in [7, 11) is 0. The van der Waals surface area contributed by atoms with Gasteiger partial charge in [-0.2, -0.15) is 4.98 Å². The van der Waals surface area contributed by atoms with Gasteiger partial charge in [0.05, 0.1) is 5.41 Å². The minimum Gasteiger partial charge on any atom is -0.301 e. The number of aromatic nitrogens is 3. The van der Waals surface area contributed by atoms with E-state index in [1.165, 1.54) is 16.7 Å². The number of fused-ring (bicyclic) bond motifs is 1. The summed E-state index contributed by atoms with van der Waals surface area (Å²) in [5, 5.41) is 0. The molecule has 0 saturated carbocycles. The van der Waals surface area contributed by atoms with E-state index in [-0.39, 0.29) is 23.8 Å². The fraction of sp³-hybridized carbons (Fsp3) is 0.407. The summed E-state index contributed by atoms with van der Waals surface area (Å²) in [6.45, 7) is 2.71. The summed E-state index contributed by atoms with van der Waals surface area (Å²) in [5.41, 5.74) is 0.0112. The van der Waals surface area contributed by atoms with Gasteiger partial charge in [0.2, 0.25) is 0 Å². The van der Waals surface area contributed by atoms with Gasteiger partial charge in [-0.1, -0.05) is 30.3 Å². The molecule has 0 N–H and O–H groups in total. The Morgan fingerprint density at radius 1 is 0.914 bits per heavy atom. The maximum atomic E-state index is 13.7. The van der Waals surface area contributed by atoms with Crippen LogP contribution < -0.4 is 11.4 Å². The Kier molecular flexibility index (Phi) is 6.47. The lowest BCUT2D eigenvalue weighted by molar-refractivity contribution is 0.0766. The molecule has 3 aromatic rings. The first-order valence-electron chi connectivity index (χ1n) is 12.3. The lowest BCUT2D eigenvalue weighted by Gasteiger charge is -2.41. The second kappa shape index (κ2) is 9.70. The maximum Gasteiger partial charge on any atom is 0.353 e. The third-order valence-corrected chi connectivity index (χ3v) is 7.48. The van der Waals surface area contributed by atoms with Crippen LogP contribution in [0.2, 0.25) is 0 Å². The lowest BCUT2D eigenvalue weighted by Crippen LogP contribution is -2.50. The average Bonchev–Trinajstić information content (AvgIpc) is 2.89. The van der Waals surface area contributed by atoms with Crippen LogP contribution >= 0.6 is 0 Å². The average molecular weight is 477 g/mol. The smallest absolute Gasteiger partial charge is 0.301 e. The fourth-order valence-electron chi connectivity index (χ4n) is 5.41. The molecule has 182 valence electrons. The van der Waals surface area contributed by atoms with Gasteiger partial charge in [0, 0.05) is 31.6 Å². The van der Waals surface area contributed by atoms with E-state index in [0.717, 1.165) is 18.4 Å². The van der Waals surface area contributed by atoms with E-state index in [9.17, 15) is 18.8 Å². The van der Waals surface area contributed by atoms with Gasteiger partial charge in [-0.3, -0.25) is 9.36 Å². The topological polar surface area (TPSA) is 77.2 Å². The van der Waals surface area contributed by atoms with Crippen LogP contribution in [0.4, 0.5) is 4.39 Å². The Balaban J connectivity index is 1.33.